The Hall–Kier alpha value is -1.07. The molecule has 1 fully saturated rings. The van der Waals surface area contributed by atoms with Gasteiger partial charge in [0.25, 0.3) is 0 Å². The number of methoxy groups -OCH3 is 1. The molecule has 1 aliphatic heterocycles. The van der Waals surface area contributed by atoms with Gasteiger partial charge in [0.2, 0.25) is 5.88 Å². The maximum Gasteiger partial charge on any atom is 0.319 e. The van der Waals surface area contributed by atoms with Crippen LogP contribution in [0, 0.1) is 5.92 Å². The van der Waals surface area contributed by atoms with Gasteiger partial charge >= 0.3 is 6.01 Å². The van der Waals surface area contributed by atoms with Crippen molar-refractivity contribution in [2.24, 2.45) is 5.92 Å². The first-order valence-corrected chi connectivity index (χ1v) is 6.57. The van der Waals surface area contributed by atoms with E-state index in [2.05, 4.69) is 15.3 Å². The van der Waals surface area contributed by atoms with Crippen LogP contribution >= 0.6 is 11.6 Å². The van der Waals surface area contributed by atoms with Crippen molar-refractivity contribution in [2.75, 3.05) is 26.8 Å². The van der Waals surface area contributed by atoms with E-state index in [-0.39, 0.29) is 6.01 Å². The smallest absolute Gasteiger partial charge is 0.319 e. The van der Waals surface area contributed by atoms with Crippen LogP contribution in [0.4, 0.5) is 0 Å². The van der Waals surface area contributed by atoms with Crippen LogP contribution in [0.15, 0.2) is 6.20 Å². The minimum Gasteiger partial charge on any atom is -0.476 e. The van der Waals surface area contributed by atoms with Crippen molar-refractivity contribution in [1.82, 2.24) is 15.3 Å². The van der Waals surface area contributed by atoms with Gasteiger partial charge in [-0.05, 0) is 38.3 Å². The first kappa shape index (κ1) is 13.4. The summed E-state index contributed by atoms with van der Waals surface area (Å²) in [5.74, 6) is 1.08. The van der Waals surface area contributed by atoms with E-state index >= 15 is 0 Å². The number of hydrogen-bond acceptors (Lipinski definition) is 5. The highest BCUT2D eigenvalue weighted by Gasteiger charge is 2.13. The first-order valence-electron chi connectivity index (χ1n) is 6.19. The van der Waals surface area contributed by atoms with Gasteiger partial charge < -0.3 is 14.8 Å². The molecule has 1 unspecified atom stereocenters. The molecule has 1 aromatic rings. The van der Waals surface area contributed by atoms with E-state index in [4.69, 9.17) is 21.1 Å². The predicted molar refractivity (Wildman–Crippen MR) is 69.3 cm³/mol. The van der Waals surface area contributed by atoms with Gasteiger partial charge in [-0.15, -0.1) is 0 Å². The Morgan fingerprint density at radius 2 is 2.44 bits per heavy atom. The summed E-state index contributed by atoms with van der Waals surface area (Å²) in [6.07, 6.45) is 5.00. The van der Waals surface area contributed by atoms with Gasteiger partial charge in [0.15, 0.2) is 0 Å². The van der Waals surface area contributed by atoms with Crippen LogP contribution in [0.25, 0.3) is 0 Å². The molecular weight excluding hydrogens is 254 g/mol. The number of nitrogens with zero attached hydrogens (tertiary/aromatic N) is 2. The average Bonchev–Trinajstić information content (AvgIpc) is 2.42. The molecule has 6 heteroatoms. The molecule has 0 saturated carbocycles. The molecule has 1 aromatic heterocycles. The number of halogens is 1. The summed E-state index contributed by atoms with van der Waals surface area (Å²) in [5.41, 5.74) is 0. The largest absolute Gasteiger partial charge is 0.476 e. The molecule has 18 heavy (non-hydrogen) atoms. The van der Waals surface area contributed by atoms with Crippen molar-refractivity contribution < 1.29 is 9.47 Å². The molecular formula is C12H18ClN3O2. The molecule has 2 heterocycles. The SMILES string of the molecule is COc1ncc(Cl)c(OCCC2CCCNC2)n1. The summed E-state index contributed by atoms with van der Waals surface area (Å²) in [4.78, 5) is 7.97. The van der Waals surface area contributed by atoms with Gasteiger partial charge in [0.1, 0.15) is 5.02 Å². The van der Waals surface area contributed by atoms with E-state index in [1.165, 1.54) is 26.1 Å². The number of piperidine rings is 1. The maximum atomic E-state index is 5.96. The maximum absolute atomic E-state index is 5.96. The number of rotatable bonds is 5. The molecule has 0 spiro atoms. The van der Waals surface area contributed by atoms with E-state index in [1.54, 1.807) is 0 Å². The molecule has 1 N–H and O–H groups in total. The highest BCUT2D eigenvalue weighted by atomic mass is 35.5. The number of ether oxygens (including phenoxy) is 2. The third kappa shape index (κ3) is 3.71. The summed E-state index contributed by atoms with van der Waals surface area (Å²) in [5, 5.41) is 3.80. The van der Waals surface area contributed by atoms with Crippen LogP contribution in [0.2, 0.25) is 5.02 Å². The van der Waals surface area contributed by atoms with Crippen molar-refractivity contribution in [2.45, 2.75) is 19.3 Å². The third-order valence-corrected chi connectivity index (χ3v) is 3.30. The van der Waals surface area contributed by atoms with Crippen molar-refractivity contribution in [3.05, 3.63) is 11.2 Å². The molecule has 2 rings (SSSR count). The van der Waals surface area contributed by atoms with Gasteiger partial charge in [-0.1, -0.05) is 11.6 Å². The number of nitrogens with one attached hydrogen (secondary N) is 1. The lowest BCUT2D eigenvalue weighted by molar-refractivity contribution is 0.244. The second kappa shape index (κ2) is 6.75. The number of aromatic nitrogens is 2. The minimum absolute atomic E-state index is 0.272. The molecule has 100 valence electrons. The highest BCUT2D eigenvalue weighted by molar-refractivity contribution is 6.31. The zero-order valence-corrected chi connectivity index (χ0v) is 11.2. The molecule has 1 saturated heterocycles. The Morgan fingerprint density at radius 3 is 3.17 bits per heavy atom. The summed E-state index contributed by atoms with van der Waals surface area (Å²) in [7, 11) is 1.51. The fourth-order valence-electron chi connectivity index (χ4n) is 2.03. The highest BCUT2D eigenvalue weighted by Crippen LogP contribution is 2.23. The topological polar surface area (TPSA) is 56.3 Å². The van der Waals surface area contributed by atoms with Gasteiger partial charge in [0, 0.05) is 0 Å². The Morgan fingerprint density at radius 1 is 1.56 bits per heavy atom. The standard InChI is InChI=1S/C12H18ClN3O2/c1-17-12-15-8-10(13)11(16-12)18-6-4-9-3-2-5-14-7-9/h8-9,14H,2-7H2,1H3. The first-order chi connectivity index (χ1) is 8.79. The average molecular weight is 272 g/mol. The van der Waals surface area contributed by atoms with Crippen LogP contribution in [0.5, 0.6) is 11.9 Å². The Balaban J connectivity index is 1.81. The van der Waals surface area contributed by atoms with Gasteiger partial charge in [-0.2, -0.15) is 4.98 Å². The molecule has 1 aliphatic rings. The summed E-state index contributed by atoms with van der Waals surface area (Å²) in [6, 6.07) is 0.272. The van der Waals surface area contributed by atoms with Crippen molar-refractivity contribution in [3.8, 4) is 11.9 Å². The molecule has 0 amide bonds. The summed E-state index contributed by atoms with van der Waals surface area (Å²) >= 11 is 5.96. The zero-order valence-electron chi connectivity index (χ0n) is 10.5. The van der Waals surface area contributed by atoms with Gasteiger partial charge in [-0.25, -0.2) is 4.98 Å². The van der Waals surface area contributed by atoms with Crippen molar-refractivity contribution >= 4 is 11.6 Å². The van der Waals surface area contributed by atoms with E-state index in [0.717, 1.165) is 19.5 Å². The molecule has 0 bridgehead atoms. The van der Waals surface area contributed by atoms with Crippen molar-refractivity contribution in [1.29, 1.82) is 0 Å². The van der Waals surface area contributed by atoms with Crippen LogP contribution in [-0.4, -0.2) is 36.8 Å². The van der Waals surface area contributed by atoms with Crippen molar-refractivity contribution in [3.63, 3.8) is 0 Å². The summed E-state index contributed by atoms with van der Waals surface area (Å²) in [6.45, 7) is 2.82. The van der Waals surface area contributed by atoms with E-state index < -0.39 is 0 Å². The third-order valence-electron chi connectivity index (χ3n) is 3.04. The minimum atomic E-state index is 0.272. The lowest BCUT2D eigenvalue weighted by Crippen LogP contribution is -2.30. The molecule has 1 atom stereocenters. The van der Waals surface area contributed by atoms with Gasteiger partial charge in [-0.3, -0.25) is 0 Å². The van der Waals surface area contributed by atoms with E-state index in [9.17, 15) is 0 Å². The normalized spacial score (nSPS) is 19.6. The van der Waals surface area contributed by atoms with E-state index in [0.29, 0.717) is 23.4 Å². The quantitative estimate of drug-likeness (QED) is 0.887. The predicted octanol–water partition coefficient (Wildman–Crippen LogP) is 1.91. The van der Waals surface area contributed by atoms with Crippen LogP contribution < -0.4 is 14.8 Å². The second-order valence-electron chi connectivity index (χ2n) is 4.36. The lowest BCUT2D eigenvalue weighted by atomic mass is 9.97. The molecule has 0 aromatic carbocycles. The van der Waals surface area contributed by atoms with Gasteiger partial charge in [0.05, 0.1) is 19.9 Å². The fraction of sp³-hybridized carbons (Fsp3) is 0.667. The van der Waals surface area contributed by atoms with Crippen LogP contribution in [0.1, 0.15) is 19.3 Å². The molecule has 5 nitrogen and oxygen atoms in total. The monoisotopic (exact) mass is 271 g/mol. The van der Waals surface area contributed by atoms with Crippen LogP contribution in [0.3, 0.4) is 0 Å². The van der Waals surface area contributed by atoms with E-state index in [1.807, 2.05) is 0 Å². The Kier molecular flexibility index (Phi) is 5.01. The Bertz CT molecular complexity index is 384. The second-order valence-corrected chi connectivity index (χ2v) is 4.77. The fourth-order valence-corrected chi connectivity index (χ4v) is 2.17. The zero-order chi connectivity index (χ0) is 12.8. The van der Waals surface area contributed by atoms with Crippen LogP contribution in [-0.2, 0) is 0 Å². The Labute approximate surface area is 112 Å². The number of hydrogen-bond donors (Lipinski definition) is 1. The molecule has 0 radical (unpaired) electrons. The molecule has 0 aliphatic carbocycles. The summed E-state index contributed by atoms with van der Waals surface area (Å²) < 4.78 is 10.5. The lowest BCUT2D eigenvalue weighted by Gasteiger charge is -2.22.